The lowest BCUT2D eigenvalue weighted by molar-refractivity contribution is -0.305. The van der Waals surface area contributed by atoms with Gasteiger partial charge in [-0.2, -0.15) is 0 Å². The summed E-state index contributed by atoms with van der Waals surface area (Å²) in [5, 5.41) is 57.2. The van der Waals surface area contributed by atoms with E-state index >= 15 is 0 Å². The highest BCUT2D eigenvalue weighted by atomic mass is 16.7. The highest BCUT2D eigenvalue weighted by molar-refractivity contribution is 5.80. The van der Waals surface area contributed by atoms with Gasteiger partial charge in [-0.3, -0.25) is 9.59 Å². The molecule has 0 aromatic heterocycles. The first-order valence-corrected chi connectivity index (χ1v) is 34.2. The van der Waals surface area contributed by atoms with Crippen LogP contribution in [-0.2, 0) is 23.8 Å². The summed E-state index contributed by atoms with van der Waals surface area (Å²) in [6.45, 7) is 5.75. The van der Waals surface area contributed by atoms with Crippen molar-refractivity contribution in [1.29, 1.82) is 0 Å². The number of hydrogen-bond acceptors (Lipinski definition) is 10. The van der Waals surface area contributed by atoms with Crippen molar-refractivity contribution in [1.82, 2.24) is 5.32 Å². The van der Waals surface area contributed by atoms with E-state index in [1.807, 2.05) is 6.08 Å². The molecule has 1 rings (SSSR count). The van der Waals surface area contributed by atoms with Crippen molar-refractivity contribution in [2.24, 2.45) is 0 Å². The Morgan fingerprint density at radius 3 is 1.28 bits per heavy atom. The predicted octanol–water partition coefficient (Wildman–Crippen LogP) is 17.1. The van der Waals surface area contributed by atoms with E-state index in [0.29, 0.717) is 12.8 Å². The first kappa shape index (κ1) is 77.1. The van der Waals surface area contributed by atoms with Gasteiger partial charge in [-0.15, -0.1) is 0 Å². The third-order valence-electron chi connectivity index (χ3n) is 15.8. The predicted molar refractivity (Wildman–Crippen MR) is 343 cm³/mol. The van der Waals surface area contributed by atoms with Crippen LogP contribution < -0.4 is 5.32 Å². The molecule has 1 heterocycles. The molecule has 8 unspecified atom stereocenters. The van der Waals surface area contributed by atoms with E-state index in [9.17, 15) is 35.1 Å². The third kappa shape index (κ3) is 45.5. The quantitative estimate of drug-likeness (QED) is 0.0195. The molecular weight excluding hydrogens is 1030 g/mol. The highest BCUT2D eigenvalue weighted by Crippen LogP contribution is 2.26. The molecule has 11 nitrogen and oxygen atoms in total. The molecule has 11 heteroatoms. The van der Waals surface area contributed by atoms with Gasteiger partial charge in [-0.1, -0.05) is 273 Å². The molecule has 0 spiro atoms. The molecule has 1 aliphatic rings. The second kappa shape index (κ2) is 58.5. The molecule has 0 radical (unpaired) electrons. The van der Waals surface area contributed by atoms with Gasteiger partial charge < -0.3 is 45.1 Å². The molecule has 1 aliphatic heterocycles. The van der Waals surface area contributed by atoms with Crippen LogP contribution in [0.2, 0.25) is 0 Å². The monoisotopic (exact) mass is 1150 g/mol. The Labute approximate surface area is 502 Å². The second-order valence-corrected chi connectivity index (χ2v) is 23.6. The number of allylic oxidation sites excluding steroid dienone is 11. The van der Waals surface area contributed by atoms with Gasteiger partial charge in [0.25, 0.3) is 0 Å². The average molecular weight is 1150 g/mol. The maximum Gasteiger partial charge on any atom is 0.306 e. The lowest BCUT2D eigenvalue weighted by Gasteiger charge is -2.41. The molecule has 1 fully saturated rings. The van der Waals surface area contributed by atoms with E-state index in [1.165, 1.54) is 161 Å². The molecule has 0 aromatic carbocycles. The third-order valence-corrected chi connectivity index (χ3v) is 15.8. The Bertz CT molecular complexity index is 1610. The van der Waals surface area contributed by atoms with E-state index in [1.54, 1.807) is 6.08 Å². The van der Waals surface area contributed by atoms with Crippen LogP contribution in [0.5, 0.6) is 0 Å². The maximum atomic E-state index is 13.5. The molecule has 8 atom stereocenters. The Hall–Kier alpha value is -2.90. The number of esters is 1. The maximum absolute atomic E-state index is 13.5. The van der Waals surface area contributed by atoms with Crippen molar-refractivity contribution < 1.29 is 49.3 Å². The molecule has 476 valence electrons. The normalized spacial score (nSPS) is 19.0. The van der Waals surface area contributed by atoms with Crippen molar-refractivity contribution in [2.45, 2.75) is 352 Å². The molecule has 1 amide bonds. The SMILES string of the molecule is CCCCC/C=C\C/C=C\C/C=C\CCCCCCCCC(=O)OC1C(OCC(NC(=O)C(O)CCCCCCCCCCCCCC/C=C\C/C=C\CCCCC)C(O)/C=C/CCCCCCCCCCCC)OC(CO)C(O)C1O. The summed E-state index contributed by atoms with van der Waals surface area (Å²) >= 11 is 0. The van der Waals surface area contributed by atoms with E-state index in [-0.39, 0.29) is 19.4 Å². The van der Waals surface area contributed by atoms with Crippen LogP contribution in [0.1, 0.15) is 303 Å². The first-order chi connectivity index (χ1) is 40.2. The Balaban J connectivity index is 2.62. The zero-order valence-corrected chi connectivity index (χ0v) is 52.9. The lowest BCUT2D eigenvalue weighted by Crippen LogP contribution is -2.61. The summed E-state index contributed by atoms with van der Waals surface area (Å²) in [6.07, 6.45) is 65.0. The van der Waals surface area contributed by atoms with Gasteiger partial charge in [0, 0.05) is 6.42 Å². The number of aliphatic hydroxyl groups is 5. The number of ether oxygens (including phenoxy) is 3. The Morgan fingerprint density at radius 2 is 0.841 bits per heavy atom. The topological polar surface area (TPSA) is 175 Å². The standard InChI is InChI=1S/C71H127NO10/c1-4-7-10-13-16-19-22-25-27-29-31-32-33-35-36-38-40-43-46-49-52-55-58-64(75)70(79)72-62(63(74)57-54-51-48-45-42-24-21-18-15-12-9-6-3)61-80-71-69(68(78)67(77)65(60-73)81-71)82-66(76)59-56-53-50-47-44-41-39-37-34-30-28-26-23-20-17-14-11-8-5-2/h16-17,19-20,25-28,34,37,54,57,62-65,67-69,71,73-75,77-78H,4-15,18,21-24,29-33,35-36,38-53,55-56,58-61H2,1-3H3,(H,72,79)/b19-16-,20-17-,27-25-,28-26-,37-34-,57-54+. The lowest BCUT2D eigenvalue weighted by atomic mass is 9.99. The summed E-state index contributed by atoms with van der Waals surface area (Å²) in [6, 6.07) is -1.03. The minimum atomic E-state index is -1.62. The number of aliphatic hydroxyl groups excluding tert-OH is 5. The van der Waals surface area contributed by atoms with Crippen molar-refractivity contribution in [3.05, 3.63) is 72.9 Å². The summed E-state index contributed by atoms with van der Waals surface area (Å²) in [4.78, 5) is 26.6. The second-order valence-electron chi connectivity index (χ2n) is 23.6. The summed E-state index contributed by atoms with van der Waals surface area (Å²) in [5.41, 5.74) is 0. The summed E-state index contributed by atoms with van der Waals surface area (Å²) in [5.74, 6) is -1.20. The summed E-state index contributed by atoms with van der Waals surface area (Å²) < 4.78 is 17.7. The van der Waals surface area contributed by atoms with Crippen LogP contribution in [0.4, 0.5) is 0 Å². The van der Waals surface area contributed by atoms with Gasteiger partial charge in [0.15, 0.2) is 12.4 Å². The number of amides is 1. The van der Waals surface area contributed by atoms with Gasteiger partial charge >= 0.3 is 5.97 Å². The van der Waals surface area contributed by atoms with Crippen molar-refractivity contribution >= 4 is 11.9 Å². The molecule has 1 saturated heterocycles. The van der Waals surface area contributed by atoms with Crippen LogP contribution in [0, 0.1) is 0 Å². The van der Waals surface area contributed by atoms with Gasteiger partial charge in [0.2, 0.25) is 5.91 Å². The van der Waals surface area contributed by atoms with Crippen molar-refractivity contribution in [3.8, 4) is 0 Å². The van der Waals surface area contributed by atoms with Crippen molar-refractivity contribution in [2.75, 3.05) is 13.2 Å². The fraction of sp³-hybridized carbons (Fsp3) is 0.803. The average Bonchev–Trinajstić information content (AvgIpc) is 3.44. The zero-order chi connectivity index (χ0) is 59.6. The molecule has 0 saturated carbocycles. The fourth-order valence-corrected chi connectivity index (χ4v) is 10.4. The van der Waals surface area contributed by atoms with Crippen LogP contribution >= 0.6 is 0 Å². The fourth-order valence-electron chi connectivity index (χ4n) is 10.4. The van der Waals surface area contributed by atoms with Gasteiger partial charge in [-0.05, 0) is 96.3 Å². The minimum Gasteiger partial charge on any atom is -0.454 e. The molecule has 0 aromatic rings. The van der Waals surface area contributed by atoms with E-state index in [2.05, 4.69) is 86.8 Å². The molecule has 6 N–H and O–H groups in total. The number of nitrogens with one attached hydrogen (secondary N) is 1. The van der Waals surface area contributed by atoms with E-state index in [0.717, 1.165) is 96.3 Å². The smallest absolute Gasteiger partial charge is 0.306 e. The number of hydrogen-bond donors (Lipinski definition) is 6. The highest BCUT2D eigenvalue weighted by Gasteiger charge is 2.47. The van der Waals surface area contributed by atoms with Crippen LogP contribution in [0.3, 0.4) is 0 Å². The molecule has 0 aliphatic carbocycles. The van der Waals surface area contributed by atoms with Crippen LogP contribution in [0.25, 0.3) is 0 Å². The largest absolute Gasteiger partial charge is 0.454 e. The number of unbranched alkanes of at least 4 members (excludes halogenated alkanes) is 34. The summed E-state index contributed by atoms with van der Waals surface area (Å²) in [7, 11) is 0. The minimum absolute atomic E-state index is 0.108. The van der Waals surface area contributed by atoms with E-state index < -0.39 is 67.4 Å². The number of rotatable bonds is 58. The van der Waals surface area contributed by atoms with Crippen molar-refractivity contribution in [3.63, 3.8) is 0 Å². The van der Waals surface area contributed by atoms with Gasteiger partial charge in [0.1, 0.15) is 24.4 Å². The van der Waals surface area contributed by atoms with Crippen LogP contribution in [0.15, 0.2) is 72.9 Å². The first-order valence-electron chi connectivity index (χ1n) is 34.2. The Kier molecular flexibility index (Phi) is 55.0. The van der Waals surface area contributed by atoms with Gasteiger partial charge in [0.05, 0.1) is 25.4 Å². The van der Waals surface area contributed by atoms with E-state index in [4.69, 9.17) is 14.2 Å². The van der Waals surface area contributed by atoms with Gasteiger partial charge in [-0.25, -0.2) is 0 Å². The molecule has 82 heavy (non-hydrogen) atoms. The number of carbonyl (C=O) groups is 2. The molecule has 0 bridgehead atoms. The molecular formula is C71H127NO10. The van der Waals surface area contributed by atoms with Crippen LogP contribution in [-0.4, -0.2) is 99.6 Å². The number of carbonyl (C=O) groups excluding carboxylic acids is 2. The zero-order valence-electron chi connectivity index (χ0n) is 52.9. The Morgan fingerprint density at radius 1 is 0.476 bits per heavy atom.